The van der Waals surface area contributed by atoms with Crippen molar-refractivity contribution in [1.82, 2.24) is 10.2 Å². The Hall–Kier alpha value is -2.15. The number of benzene rings is 2. The van der Waals surface area contributed by atoms with E-state index >= 15 is 0 Å². The van der Waals surface area contributed by atoms with Crippen molar-refractivity contribution in [3.8, 4) is 0 Å². The smallest absolute Gasteiger partial charge is 0.229 e. The van der Waals surface area contributed by atoms with Gasteiger partial charge in [0.1, 0.15) is 5.82 Å². The van der Waals surface area contributed by atoms with Gasteiger partial charge in [-0.1, -0.05) is 56.1 Å². The topological polar surface area (TPSA) is 61.4 Å². The molecule has 2 amide bonds. The van der Waals surface area contributed by atoms with Gasteiger partial charge in [0.25, 0.3) is 0 Å². The number of rotatable bonds is 5. The molecule has 0 spiro atoms. The van der Waals surface area contributed by atoms with Gasteiger partial charge in [0.05, 0.1) is 10.9 Å². The Balaban J connectivity index is 0.000000696. The van der Waals surface area contributed by atoms with Crippen molar-refractivity contribution in [3.05, 3.63) is 63.9 Å². The van der Waals surface area contributed by atoms with Crippen LogP contribution in [0.2, 0.25) is 10.0 Å². The van der Waals surface area contributed by atoms with Gasteiger partial charge in [0.2, 0.25) is 12.3 Å². The van der Waals surface area contributed by atoms with E-state index < -0.39 is 5.82 Å². The quantitative estimate of drug-likeness (QED) is 0.531. The zero-order valence-electron chi connectivity index (χ0n) is 19.7. The van der Waals surface area contributed by atoms with E-state index in [1.54, 1.807) is 14.1 Å². The van der Waals surface area contributed by atoms with Crippen LogP contribution in [0.25, 0.3) is 0 Å². The van der Waals surface area contributed by atoms with Gasteiger partial charge in [-0.3, -0.25) is 9.59 Å². The number of amides is 2. The molecule has 1 fully saturated rings. The third kappa shape index (κ3) is 8.29. The van der Waals surface area contributed by atoms with Gasteiger partial charge in [0, 0.05) is 43.3 Å². The zero-order valence-corrected chi connectivity index (χ0v) is 21.2. The molecule has 1 saturated heterocycles. The van der Waals surface area contributed by atoms with E-state index in [0.29, 0.717) is 17.3 Å². The first-order valence-electron chi connectivity index (χ1n) is 10.8. The number of halogens is 3. The van der Waals surface area contributed by atoms with Crippen LogP contribution in [0.1, 0.15) is 38.7 Å². The summed E-state index contributed by atoms with van der Waals surface area (Å²) in [5, 5.41) is 7.09. The first-order chi connectivity index (χ1) is 15.4. The average molecular weight is 496 g/mol. The van der Waals surface area contributed by atoms with Gasteiger partial charge in [-0.25, -0.2) is 4.39 Å². The summed E-state index contributed by atoms with van der Waals surface area (Å²) in [5.74, 6) is -0.889. The third-order valence-electron chi connectivity index (χ3n) is 5.28. The molecule has 0 aliphatic carbocycles. The highest BCUT2D eigenvalue weighted by Crippen LogP contribution is 2.38. The first kappa shape index (κ1) is 27.1. The molecule has 1 aliphatic heterocycles. The Morgan fingerprint density at radius 3 is 2.42 bits per heavy atom. The Kier molecular flexibility index (Phi) is 9.70. The fourth-order valence-electron chi connectivity index (χ4n) is 3.90. The second-order valence-corrected chi connectivity index (χ2v) is 10.5. The molecule has 3 rings (SSSR count). The summed E-state index contributed by atoms with van der Waals surface area (Å²) in [4.78, 5) is 24.1. The van der Waals surface area contributed by atoms with Crippen LogP contribution in [-0.4, -0.2) is 43.9 Å². The highest BCUT2D eigenvalue weighted by molar-refractivity contribution is 6.31. The number of hydrogen-bond donors (Lipinski definition) is 2. The molecule has 5 nitrogen and oxygen atoms in total. The van der Waals surface area contributed by atoms with Gasteiger partial charge in [-0.2, -0.15) is 0 Å². The van der Waals surface area contributed by atoms with Crippen molar-refractivity contribution in [2.45, 2.75) is 39.2 Å². The third-order valence-corrected chi connectivity index (χ3v) is 5.80. The first-order valence-corrected chi connectivity index (χ1v) is 11.5. The van der Waals surface area contributed by atoms with E-state index in [4.69, 9.17) is 23.2 Å². The number of hydrogen-bond acceptors (Lipinski definition) is 3. The van der Waals surface area contributed by atoms with Crippen molar-refractivity contribution in [1.29, 1.82) is 0 Å². The van der Waals surface area contributed by atoms with E-state index in [1.165, 1.54) is 23.1 Å². The second-order valence-electron chi connectivity index (χ2n) is 9.65. The van der Waals surface area contributed by atoms with Crippen molar-refractivity contribution in [3.63, 3.8) is 0 Å². The normalized spacial score (nSPS) is 19.9. The molecule has 1 aliphatic rings. The lowest BCUT2D eigenvalue weighted by Crippen LogP contribution is -2.38. The second kappa shape index (κ2) is 11.8. The summed E-state index contributed by atoms with van der Waals surface area (Å²) < 4.78 is 13.4. The summed E-state index contributed by atoms with van der Waals surface area (Å²) in [6, 6.07) is 11.9. The van der Waals surface area contributed by atoms with E-state index in [0.717, 1.165) is 18.4 Å². The number of nitrogens with zero attached hydrogens (tertiary/aromatic N) is 1. The molecule has 0 saturated carbocycles. The van der Waals surface area contributed by atoms with E-state index in [9.17, 15) is 14.0 Å². The highest BCUT2D eigenvalue weighted by Gasteiger charge is 2.42. The molecule has 0 aromatic heterocycles. The van der Waals surface area contributed by atoms with E-state index in [1.807, 2.05) is 24.3 Å². The van der Waals surface area contributed by atoms with Crippen molar-refractivity contribution < 1.29 is 14.0 Å². The monoisotopic (exact) mass is 495 g/mol. The standard InChI is InChI=1S/C22H25Cl2FN2O.C3H7NO/c1-22(2,3)11-19-20(16(12-26-19)13-5-4-6-14(23)9-13)21(28)27-15-7-8-18(25)17(24)10-15;1-4(2)3-5/h4-10,16,19-20,26H,11-12H2,1-3H3,(H,27,28);3H,1-2H3. The lowest BCUT2D eigenvalue weighted by atomic mass is 9.78. The minimum absolute atomic E-state index is 0.00182. The zero-order chi connectivity index (χ0) is 24.8. The number of carbonyl (C=O) groups is 2. The molecule has 2 N–H and O–H groups in total. The van der Waals surface area contributed by atoms with Gasteiger partial charge in [0.15, 0.2) is 0 Å². The predicted octanol–water partition coefficient (Wildman–Crippen LogP) is 5.58. The molecule has 8 heteroatoms. The molecule has 3 atom stereocenters. The maximum atomic E-state index is 13.4. The average Bonchev–Trinajstić information content (AvgIpc) is 3.13. The summed E-state index contributed by atoms with van der Waals surface area (Å²) in [7, 11) is 3.38. The summed E-state index contributed by atoms with van der Waals surface area (Å²) in [6.07, 6.45) is 1.60. The Bertz CT molecular complexity index is 963. The van der Waals surface area contributed by atoms with Crippen molar-refractivity contribution in [2.24, 2.45) is 11.3 Å². The largest absolute Gasteiger partial charge is 0.351 e. The van der Waals surface area contributed by atoms with Crippen LogP contribution in [0.4, 0.5) is 10.1 Å². The molecule has 1 heterocycles. The molecular formula is C25H32Cl2FN3O2. The van der Waals surface area contributed by atoms with Crippen LogP contribution in [-0.2, 0) is 9.59 Å². The number of anilines is 1. The lowest BCUT2D eigenvalue weighted by Gasteiger charge is -2.29. The SMILES string of the molecule is CC(C)(C)CC1NCC(c2cccc(Cl)c2)C1C(=O)Nc1ccc(F)c(Cl)c1.CN(C)C=O. The number of carbonyl (C=O) groups excluding carboxylic acids is 2. The fourth-order valence-corrected chi connectivity index (χ4v) is 4.28. The maximum Gasteiger partial charge on any atom is 0.229 e. The van der Waals surface area contributed by atoms with Crippen LogP contribution in [0, 0.1) is 17.2 Å². The molecule has 0 bridgehead atoms. The lowest BCUT2D eigenvalue weighted by molar-refractivity contribution is -0.120. The van der Waals surface area contributed by atoms with E-state index in [2.05, 4.69) is 31.4 Å². The van der Waals surface area contributed by atoms with Crippen LogP contribution >= 0.6 is 23.2 Å². The minimum atomic E-state index is -0.510. The summed E-state index contributed by atoms with van der Waals surface area (Å²) >= 11 is 12.0. The van der Waals surface area contributed by atoms with Gasteiger partial charge in [-0.05, 0) is 47.7 Å². The molecule has 180 valence electrons. The van der Waals surface area contributed by atoms with Crippen LogP contribution < -0.4 is 10.6 Å². The van der Waals surface area contributed by atoms with E-state index in [-0.39, 0.29) is 34.2 Å². The molecule has 2 aromatic rings. The predicted molar refractivity (Wildman–Crippen MR) is 133 cm³/mol. The molecule has 0 radical (unpaired) electrons. The number of nitrogens with one attached hydrogen (secondary N) is 2. The highest BCUT2D eigenvalue weighted by atomic mass is 35.5. The van der Waals surface area contributed by atoms with Gasteiger partial charge >= 0.3 is 0 Å². The molecule has 33 heavy (non-hydrogen) atoms. The van der Waals surface area contributed by atoms with Crippen LogP contribution in [0.3, 0.4) is 0 Å². The minimum Gasteiger partial charge on any atom is -0.351 e. The molecule has 2 aromatic carbocycles. The fraction of sp³-hybridized carbons (Fsp3) is 0.440. The van der Waals surface area contributed by atoms with Crippen molar-refractivity contribution in [2.75, 3.05) is 26.0 Å². The maximum absolute atomic E-state index is 13.4. The van der Waals surface area contributed by atoms with Gasteiger partial charge < -0.3 is 15.5 Å². The Morgan fingerprint density at radius 1 is 1.21 bits per heavy atom. The van der Waals surface area contributed by atoms with Gasteiger partial charge in [-0.15, -0.1) is 0 Å². The summed E-state index contributed by atoms with van der Waals surface area (Å²) in [6.45, 7) is 7.19. The molecular weight excluding hydrogens is 464 g/mol. The Morgan fingerprint density at radius 2 is 1.88 bits per heavy atom. The Labute approximate surface area is 205 Å². The summed E-state index contributed by atoms with van der Waals surface area (Å²) in [5.41, 5.74) is 1.59. The van der Waals surface area contributed by atoms with Crippen molar-refractivity contribution >= 4 is 41.2 Å². The van der Waals surface area contributed by atoms with Crippen LogP contribution in [0.5, 0.6) is 0 Å². The van der Waals surface area contributed by atoms with Crippen LogP contribution in [0.15, 0.2) is 42.5 Å². The molecule has 3 unspecified atom stereocenters.